The average molecular weight is 435 g/mol. The Kier molecular flexibility index (Phi) is 5.29. The summed E-state index contributed by atoms with van der Waals surface area (Å²) in [6.45, 7) is 7.23. The van der Waals surface area contributed by atoms with Crippen LogP contribution in [-0.2, 0) is 11.3 Å². The number of hydrogen-bond donors (Lipinski definition) is 1. The average Bonchev–Trinajstić information content (AvgIpc) is 3.28. The number of urea groups is 1. The van der Waals surface area contributed by atoms with Gasteiger partial charge in [-0.1, -0.05) is 12.1 Å². The highest BCUT2D eigenvalue weighted by atomic mass is 16.7. The highest BCUT2D eigenvalue weighted by Gasteiger charge is 2.40. The van der Waals surface area contributed by atoms with E-state index in [1.165, 1.54) is 16.7 Å². The van der Waals surface area contributed by atoms with Crippen LogP contribution in [0, 0.1) is 6.92 Å². The van der Waals surface area contributed by atoms with Gasteiger partial charge in [0, 0.05) is 43.4 Å². The lowest BCUT2D eigenvalue weighted by Gasteiger charge is -2.44. The molecule has 7 nitrogen and oxygen atoms in total. The molecule has 1 aromatic carbocycles. The zero-order valence-electron chi connectivity index (χ0n) is 18.9. The zero-order chi connectivity index (χ0) is 22.3. The summed E-state index contributed by atoms with van der Waals surface area (Å²) >= 11 is 0. The number of aryl methyl sites for hydroxylation is 2. The van der Waals surface area contributed by atoms with Gasteiger partial charge in [-0.2, -0.15) is 5.10 Å². The summed E-state index contributed by atoms with van der Waals surface area (Å²) in [6, 6.07) is 12.6. The van der Waals surface area contributed by atoms with Crippen molar-refractivity contribution in [3.05, 3.63) is 53.9 Å². The Morgan fingerprint density at radius 3 is 2.75 bits per heavy atom. The van der Waals surface area contributed by atoms with E-state index in [2.05, 4.69) is 47.8 Å². The molecule has 168 valence electrons. The minimum absolute atomic E-state index is 0.0385. The van der Waals surface area contributed by atoms with Crippen LogP contribution in [0.1, 0.15) is 44.4 Å². The molecule has 0 saturated carbocycles. The first-order chi connectivity index (χ1) is 15.4. The predicted molar refractivity (Wildman–Crippen MR) is 123 cm³/mol. The van der Waals surface area contributed by atoms with Crippen LogP contribution in [-0.4, -0.2) is 45.3 Å². The Hall–Kier alpha value is -3.06. The van der Waals surface area contributed by atoms with Crippen molar-refractivity contribution in [1.29, 1.82) is 0 Å². The second-order valence-corrected chi connectivity index (χ2v) is 9.17. The van der Waals surface area contributed by atoms with Crippen molar-refractivity contribution < 1.29 is 14.4 Å². The summed E-state index contributed by atoms with van der Waals surface area (Å²) in [5, 5.41) is 4.44. The van der Waals surface area contributed by atoms with Gasteiger partial charge >= 0.3 is 6.03 Å². The molecule has 32 heavy (non-hydrogen) atoms. The fourth-order valence-electron chi connectivity index (χ4n) is 4.82. The summed E-state index contributed by atoms with van der Waals surface area (Å²) in [6.07, 6.45) is 5.41. The molecule has 0 bridgehead atoms. The molecule has 1 fully saturated rings. The Morgan fingerprint density at radius 1 is 1.16 bits per heavy atom. The van der Waals surface area contributed by atoms with Crippen molar-refractivity contribution in [2.24, 2.45) is 0 Å². The van der Waals surface area contributed by atoms with Gasteiger partial charge in [0.25, 0.3) is 0 Å². The van der Waals surface area contributed by atoms with Crippen LogP contribution in [0.2, 0.25) is 0 Å². The third-order valence-electron chi connectivity index (χ3n) is 6.69. The molecule has 0 aliphatic carbocycles. The number of hydroxylamine groups is 1. The first kappa shape index (κ1) is 20.8. The highest BCUT2D eigenvalue weighted by Crippen LogP contribution is 2.41. The Morgan fingerprint density at radius 2 is 1.97 bits per heavy atom. The van der Waals surface area contributed by atoms with Crippen LogP contribution in [0.15, 0.2) is 42.6 Å². The van der Waals surface area contributed by atoms with Crippen LogP contribution in [0.3, 0.4) is 0 Å². The van der Waals surface area contributed by atoms with Crippen molar-refractivity contribution in [3.63, 3.8) is 0 Å². The second kappa shape index (κ2) is 8.13. The van der Waals surface area contributed by atoms with Crippen LogP contribution in [0.4, 0.5) is 4.79 Å². The topological polar surface area (TPSA) is 68.1 Å². The first-order valence-electron chi connectivity index (χ1n) is 11.4. The van der Waals surface area contributed by atoms with Gasteiger partial charge < -0.3 is 9.64 Å². The van der Waals surface area contributed by atoms with Gasteiger partial charge in [0.15, 0.2) is 0 Å². The van der Waals surface area contributed by atoms with Crippen molar-refractivity contribution in [2.75, 3.05) is 13.1 Å². The number of nitrogens with one attached hydrogen (secondary N) is 1. The number of likely N-dealkylation sites (tertiary alicyclic amines) is 1. The standard InChI is InChI=1S/C25H30N4O3/c1-17(2)32-27-24(30)28-14-11-25(12-15-28)10-8-20-16-19(4-7-23(20)31-25)22-6-5-21-9-13-26-29(21)18(22)3/h4-7,9,13,16-17H,8,10-12,14-15H2,1-3H3,(H,27,30). The first-order valence-corrected chi connectivity index (χ1v) is 11.4. The smallest absolute Gasteiger partial charge is 0.341 e. The van der Waals surface area contributed by atoms with E-state index in [0.717, 1.165) is 42.6 Å². The van der Waals surface area contributed by atoms with E-state index in [1.807, 2.05) is 35.5 Å². The quantitative estimate of drug-likeness (QED) is 0.616. The van der Waals surface area contributed by atoms with Gasteiger partial charge in [-0.05, 0) is 69.0 Å². The number of carbonyl (C=O) groups excluding carboxylic acids is 1. The fourth-order valence-corrected chi connectivity index (χ4v) is 4.82. The predicted octanol–water partition coefficient (Wildman–Crippen LogP) is 4.52. The van der Waals surface area contributed by atoms with Gasteiger partial charge in [0.05, 0.1) is 11.6 Å². The SMILES string of the molecule is Cc1c(-c2ccc3c(c2)CCC2(CCN(C(=O)NOC(C)C)CC2)O3)ccc2ccnn12. The van der Waals surface area contributed by atoms with Crippen molar-refractivity contribution >= 4 is 11.5 Å². The molecule has 5 rings (SSSR count). The number of carbonyl (C=O) groups is 1. The molecule has 1 saturated heterocycles. The molecule has 2 aliphatic rings. The highest BCUT2D eigenvalue weighted by molar-refractivity contribution is 5.73. The number of aromatic nitrogens is 2. The number of rotatable bonds is 3. The third kappa shape index (κ3) is 3.81. The number of amides is 2. The fraction of sp³-hybridized carbons (Fsp3) is 0.440. The minimum atomic E-state index is -0.186. The maximum Gasteiger partial charge on any atom is 0.341 e. The van der Waals surface area contributed by atoms with E-state index < -0.39 is 0 Å². The molecule has 3 aromatic rings. The summed E-state index contributed by atoms with van der Waals surface area (Å²) in [4.78, 5) is 19.3. The minimum Gasteiger partial charge on any atom is -0.487 e. The maximum absolute atomic E-state index is 12.3. The lowest BCUT2D eigenvalue weighted by atomic mass is 9.82. The zero-order valence-corrected chi connectivity index (χ0v) is 18.9. The van der Waals surface area contributed by atoms with E-state index >= 15 is 0 Å². The second-order valence-electron chi connectivity index (χ2n) is 9.17. The van der Waals surface area contributed by atoms with Gasteiger partial charge in [0.1, 0.15) is 11.4 Å². The molecule has 0 unspecified atom stereocenters. The number of benzene rings is 1. The molecular weight excluding hydrogens is 404 g/mol. The van der Waals surface area contributed by atoms with E-state index in [1.54, 1.807) is 0 Å². The van der Waals surface area contributed by atoms with Crippen LogP contribution in [0.5, 0.6) is 5.75 Å². The molecule has 0 atom stereocenters. The lowest BCUT2D eigenvalue weighted by molar-refractivity contribution is -0.0224. The molecular formula is C25H30N4O3. The largest absolute Gasteiger partial charge is 0.487 e. The molecule has 2 aromatic heterocycles. The molecule has 2 aliphatic heterocycles. The number of hydrogen-bond acceptors (Lipinski definition) is 4. The van der Waals surface area contributed by atoms with Crippen molar-refractivity contribution in [1.82, 2.24) is 20.0 Å². The molecule has 0 radical (unpaired) electrons. The van der Waals surface area contributed by atoms with Gasteiger partial charge in [0.2, 0.25) is 0 Å². The molecule has 1 N–H and O–H groups in total. The lowest BCUT2D eigenvalue weighted by Crippen LogP contribution is -2.53. The number of ether oxygens (including phenoxy) is 1. The maximum atomic E-state index is 12.3. The number of nitrogens with zero attached hydrogens (tertiary/aromatic N) is 3. The summed E-state index contributed by atoms with van der Waals surface area (Å²) in [7, 11) is 0. The number of pyridine rings is 1. The van der Waals surface area contributed by atoms with E-state index in [4.69, 9.17) is 9.57 Å². The molecule has 4 heterocycles. The van der Waals surface area contributed by atoms with E-state index in [9.17, 15) is 4.79 Å². The summed E-state index contributed by atoms with van der Waals surface area (Å²) in [5.41, 5.74) is 8.21. The van der Waals surface area contributed by atoms with Crippen molar-refractivity contribution in [2.45, 2.75) is 58.2 Å². The monoisotopic (exact) mass is 434 g/mol. The molecule has 7 heteroatoms. The molecule has 2 amide bonds. The van der Waals surface area contributed by atoms with Crippen LogP contribution < -0.4 is 10.2 Å². The Bertz CT molecular complexity index is 1150. The van der Waals surface area contributed by atoms with Crippen molar-refractivity contribution in [3.8, 4) is 16.9 Å². The van der Waals surface area contributed by atoms with Gasteiger partial charge in [-0.25, -0.2) is 14.8 Å². The Balaban J connectivity index is 1.29. The van der Waals surface area contributed by atoms with Crippen LogP contribution >= 0.6 is 0 Å². The summed E-state index contributed by atoms with van der Waals surface area (Å²) < 4.78 is 8.54. The van der Waals surface area contributed by atoms with E-state index in [0.29, 0.717) is 13.1 Å². The molecule has 1 spiro atoms. The summed E-state index contributed by atoms with van der Waals surface area (Å²) in [5.74, 6) is 0.971. The number of fused-ring (bicyclic) bond motifs is 2. The van der Waals surface area contributed by atoms with Gasteiger partial charge in [-0.15, -0.1) is 0 Å². The third-order valence-corrected chi connectivity index (χ3v) is 6.69. The van der Waals surface area contributed by atoms with E-state index in [-0.39, 0.29) is 17.7 Å². The normalized spacial score (nSPS) is 17.4. The Labute approximate surface area is 188 Å². The van der Waals surface area contributed by atoms with Gasteiger partial charge in [-0.3, -0.25) is 4.84 Å². The van der Waals surface area contributed by atoms with Crippen LogP contribution in [0.25, 0.3) is 16.6 Å². The number of piperidine rings is 1.